The number of nitrogens with zero attached hydrogens (tertiary/aromatic N) is 15. The summed E-state index contributed by atoms with van der Waals surface area (Å²) in [5.74, 6) is -12.6. The van der Waals surface area contributed by atoms with Crippen LogP contribution in [0.4, 0.5) is 0 Å². The van der Waals surface area contributed by atoms with E-state index in [9.17, 15) is 106 Å². The van der Waals surface area contributed by atoms with Gasteiger partial charge in [-0.25, -0.2) is 23.4 Å². The molecule has 10 heterocycles. The van der Waals surface area contributed by atoms with Crippen LogP contribution >= 0.6 is 0 Å². The van der Waals surface area contributed by atoms with Crippen molar-refractivity contribution in [1.29, 1.82) is 0 Å². The van der Waals surface area contributed by atoms with Crippen LogP contribution in [0.2, 0.25) is 0 Å². The second kappa shape index (κ2) is 58.4. The molecule has 5 aliphatic heterocycles. The third-order valence-electron chi connectivity index (χ3n) is 24.5. The number of ether oxygens (including phenoxy) is 6. The Labute approximate surface area is 941 Å². The van der Waals surface area contributed by atoms with Crippen molar-refractivity contribution in [3.05, 3.63) is 240 Å². The number of carboxylic acids is 5. The number of carboxylic acid groups (broad SMARTS) is 5. The number of aliphatic hydroxyl groups excluding tert-OH is 15. The molecule has 0 bridgehead atoms. The molecule has 0 amide bonds. The Balaban J connectivity index is 0.000000276. The van der Waals surface area contributed by atoms with E-state index in [0.29, 0.717) is 34.2 Å². The Bertz CT molecular complexity index is 5840. The number of rotatable bonds is 32. The van der Waals surface area contributed by atoms with Gasteiger partial charge in [0.1, 0.15) is 167 Å². The zero-order chi connectivity index (χ0) is 102. The molecule has 0 spiro atoms. The Kier molecular flexibility index (Phi) is 50.3. The molecular weight excluding hydrogens is 1950 g/mol. The molecule has 46 nitrogen and oxygen atoms in total. The van der Waals surface area contributed by atoms with Crippen molar-refractivity contribution in [1.82, 2.24) is 75.0 Å². The molecule has 145 heavy (non-hydrogen) atoms. The summed E-state index contributed by atoms with van der Waals surface area (Å²) in [6.07, 6.45) is -7.35. The van der Waals surface area contributed by atoms with Crippen LogP contribution in [0, 0.1) is 43.4 Å². The van der Waals surface area contributed by atoms with Crippen LogP contribution < -0.4 is 173 Å². The monoisotopic (exact) mass is 2060 g/mol. The second-order valence-electron chi connectivity index (χ2n) is 33.7. The second-order valence-corrected chi connectivity index (χ2v) is 33.7. The molecule has 0 saturated carbocycles. The number of carbonyl (C=O) groups is 5. The summed E-state index contributed by atoms with van der Waals surface area (Å²) in [7, 11) is 1.50. The van der Waals surface area contributed by atoms with Crippen molar-refractivity contribution in [2.24, 2.45) is 29.6 Å². The molecule has 0 aliphatic carbocycles. The summed E-state index contributed by atoms with van der Waals surface area (Å²) in [6.45, 7) is 9.23. The fourth-order valence-electron chi connectivity index (χ4n) is 16.6. The SMILES string of the molecule is COCc1cnnn1[C@H]1C=C(C(=O)[O-])O[C@@H]([C@H](O)C(O)CO)[C@@H]1C.C[C@H]1[C@H]([C@H](O)C(O)CO)OC(C(=O)[O-])=C[C@@H]1n1nnc(-c2ccccc2)c1-c1ccccc1.C[C@H]1[C@H]([C@H](O)C(O)CO)OC(C(=O)[O-])=C[C@@H]1n1nncc1-c1ccccc1.Cc1ccccc1-c1cn([C@H]2C=C(C(=O)[O-])O[C@@H]([C@H](O)C(O)CO)[C@@H]2C)nn1.Cc1ccccc1-c1cn([C@H]2C=C(C(=O)[O-])O[C@@H]([C@H](O)C(O)CO)[C@@H]2C)nn1.[Na+].[Na+].[Na+].[Na+].[Na+]. The quantitative estimate of drug-likeness (QED) is 0.0174. The number of aromatic nitrogens is 15. The predicted molar refractivity (Wildman–Crippen MR) is 474 cm³/mol. The topological polar surface area (TPSA) is 713 Å². The third-order valence-corrected chi connectivity index (χ3v) is 24.5. The van der Waals surface area contributed by atoms with Gasteiger partial charge in [0.25, 0.3) is 0 Å². The zero-order valence-electron chi connectivity index (χ0n) is 81.6. The predicted octanol–water partition coefficient (Wildman–Crippen LogP) is -19.9. The van der Waals surface area contributed by atoms with Gasteiger partial charge in [0.05, 0.1) is 112 Å². The van der Waals surface area contributed by atoms with Crippen molar-refractivity contribution in [2.45, 2.75) is 177 Å². The average Bonchev–Trinajstić information content (AvgIpc) is 1.67. The average molecular weight is 2060 g/mol. The van der Waals surface area contributed by atoms with Gasteiger partial charge in [0.15, 0.2) is 0 Å². The normalized spacial score (nSPS) is 23.3. The minimum absolute atomic E-state index is 0. The molecule has 15 N–H and O–H groups in total. The Morgan fingerprint density at radius 2 is 0.634 bits per heavy atom. The van der Waals surface area contributed by atoms with E-state index < -0.39 is 243 Å². The van der Waals surface area contributed by atoms with Crippen LogP contribution in [0.15, 0.2) is 223 Å². The fraction of sp³-hybridized carbons (Fsp3) is 0.415. The maximum absolute atomic E-state index is 11.7. The third kappa shape index (κ3) is 30.3. The molecule has 51 heteroatoms. The molecule has 0 fully saturated rings. The maximum atomic E-state index is 11.7. The summed E-state index contributed by atoms with van der Waals surface area (Å²) in [4.78, 5) is 57.1. The van der Waals surface area contributed by atoms with Crippen LogP contribution in [0.25, 0.3) is 56.3 Å². The summed E-state index contributed by atoms with van der Waals surface area (Å²) in [6, 6.07) is 40.3. The van der Waals surface area contributed by atoms with Gasteiger partial charge in [0, 0.05) is 64.5 Å². The van der Waals surface area contributed by atoms with E-state index in [0.717, 1.165) is 38.9 Å². The van der Waals surface area contributed by atoms with E-state index in [2.05, 4.69) is 51.6 Å². The van der Waals surface area contributed by atoms with Crippen LogP contribution in [0.5, 0.6) is 0 Å². The van der Waals surface area contributed by atoms with E-state index in [-0.39, 0.29) is 154 Å². The Hall–Kier alpha value is -8.79. The van der Waals surface area contributed by atoms with Crippen LogP contribution in [0.1, 0.15) is 81.6 Å². The molecular formula is C94H108N15Na5O31. The Morgan fingerprint density at radius 3 is 0.959 bits per heavy atom. The van der Waals surface area contributed by atoms with Gasteiger partial charge in [0.2, 0.25) is 0 Å². The van der Waals surface area contributed by atoms with Gasteiger partial charge in [-0.15, -0.1) is 25.5 Å². The minimum atomic E-state index is -1.56. The van der Waals surface area contributed by atoms with Gasteiger partial charge >= 0.3 is 148 Å². The van der Waals surface area contributed by atoms with Crippen molar-refractivity contribution >= 4 is 29.8 Å². The first-order valence-electron chi connectivity index (χ1n) is 44.1. The van der Waals surface area contributed by atoms with Crippen molar-refractivity contribution in [3.8, 4) is 56.3 Å². The Morgan fingerprint density at radius 1 is 0.352 bits per heavy atom. The molecule has 0 saturated heterocycles. The van der Waals surface area contributed by atoms with Crippen molar-refractivity contribution in [2.75, 3.05) is 40.1 Å². The summed E-state index contributed by atoms with van der Waals surface area (Å²) < 4.78 is 39.3. The molecule has 15 rings (SSSR count). The van der Waals surface area contributed by atoms with E-state index in [1.807, 2.05) is 153 Å². The molecule has 5 aliphatic rings. The fourth-order valence-corrected chi connectivity index (χ4v) is 16.6. The van der Waals surface area contributed by atoms with Crippen LogP contribution in [0.3, 0.4) is 0 Å². The number of aliphatic carboxylic acids is 5. The number of aryl methyl sites for hydroxylation is 2. The molecule has 5 unspecified atom stereocenters. The number of hydrogen-bond donors (Lipinski definition) is 15. The number of benzene rings is 5. The zero-order valence-corrected chi connectivity index (χ0v) is 91.6. The van der Waals surface area contributed by atoms with E-state index in [4.69, 9.17) is 48.8 Å². The standard InChI is InChI=1S/C24H25N3O6.2C19H23N3O6.C18H21N3O6.C14H21N3O7.5Na/c1-14-17(12-19(24(31)32)33-23(14)22(30)18(29)13-28)27-21(16-10-6-3-7-11-16)20(25-26-27)15-8-4-2-5-9-15;2*1-10-5-3-4-6-12(10)13-8-22(21-20-13)14-7-16(19(26)27)28-18(11(14)2)17(25)15(24)9-23;1-10-12(21-13(8-19-20-21)11-5-3-2-4-6-11)7-15(18(25)26)27-17(10)16(24)14(23)9-22;1-7-9(17-8(6-23-2)4-15-16-17)3-11(14(21)22)24-13(7)12(20)10(19)5-18;;;;;/h2-12,14,17-18,22-23,28-30H,13H2,1H3,(H,31,32);2*3-8,11,14-15,17-18,23-25H,9H2,1-2H3,(H,26,27);2-8,10,12,14,16-17,22-24H,9H2,1H3,(H,25,26);3-4,7,9-10,12-13,18-20H,5-6H2,1-2H3,(H,21,22);;;;;/q;;;;;5*+1/p-5/t14-,17+,18?,22-,23-;2*11-,14+,15?,17-,18-;10-,12+,14?,16-,17-;7-,9+,10?,12-,13-;;;;;/m11111...../s1. The largest absolute Gasteiger partial charge is 1.00 e. The van der Waals surface area contributed by atoms with Crippen LogP contribution in [-0.2, 0) is 59.0 Å². The van der Waals surface area contributed by atoms with E-state index >= 15 is 0 Å². The van der Waals surface area contributed by atoms with Gasteiger partial charge in [-0.1, -0.05) is 200 Å². The first-order valence-corrected chi connectivity index (χ1v) is 44.1. The molecule has 25 atom stereocenters. The summed E-state index contributed by atoms with van der Waals surface area (Å²) >= 11 is 0. The molecule has 10 aromatic rings. The molecule has 5 aromatic carbocycles. The van der Waals surface area contributed by atoms with E-state index in [1.165, 1.54) is 62.4 Å². The number of aliphatic hydroxyl groups is 15. The minimum Gasteiger partial charge on any atom is -0.542 e. The summed E-state index contributed by atoms with van der Waals surface area (Å²) in [5.41, 5.74) is 10.0. The number of hydrogen-bond acceptors (Lipinski definition) is 41. The first-order chi connectivity index (χ1) is 66.9. The van der Waals surface area contributed by atoms with Gasteiger partial charge in [-0.3, -0.25) is 0 Å². The molecule has 0 radical (unpaired) electrons. The van der Waals surface area contributed by atoms with Gasteiger partial charge in [-0.2, -0.15) is 0 Å². The maximum Gasteiger partial charge on any atom is 1.00 e. The smallest absolute Gasteiger partial charge is 0.542 e. The number of methoxy groups -OCH3 is 1. The number of carbonyl (C=O) groups excluding carboxylic acids is 5. The molecule has 5 aromatic heterocycles. The van der Waals surface area contributed by atoms with Gasteiger partial charge in [-0.05, 0) is 55.4 Å². The van der Waals surface area contributed by atoms with Crippen LogP contribution in [-0.4, -0.2) is 313 Å². The summed E-state index contributed by atoms with van der Waals surface area (Å²) in [5, 5.41) is 244. The number of allylic oxidation sites excluding steroid dienone is 5. The van der Waals surface area contributed by atoms with Gasteiger partial charge < -0.3 is 155 Å². The van der Waals surface area contributed by atoms with Crippen molar-refractivity contribution < 1.29 is 302 Å². The first kappa shape index (κ1) is 125. The van der Waals surface area contributed by atoms with E-state index in [1.54, 1.807) is 57.9 Å². The molecule has 750 valence electrons. The van der Waals surface area contributed by atoms with Crippen molar-refractivity contribution in [3.63, 3.8) is 0 Å².